The van der Waals surface area contributed by atoms with Crippen molar-refractivity contribution in [2.24, 2.45) is 11.7 Å². The molecule has 0 saturated carbocycles. The molecule has 0 aromatic heterocycles. The van der Waals surface area contributed by atoms with Gasteiger partial charge in [0.1, 0.15) is 17.9 Å². The smallest absolute Gasteiger partial charge is 0.308 e. The fourth-order valence-corrected chi connectivity index (χ4v) is 2.59. The van der Waals surface area contributed by atoms with E-state index in [9.17, 15) is 23.6 Å². The van der Waals surface area contributed by atoms with Crippen molar-refractivity contribution in [1.29, 1.82) is 0 Å². The van der Waals surface area contributed by atoms with E-state index in [0.29, 0.717) is 0 Å². The molecule has 0 radical (unpaired) electrons. The summed E-state index contributed by atoms with van der Waals surface area (Å²) >= 11 is 0. The Kier molecular flexibility index (Phi) is 9.07. The van der Waals surface area contributed by atoms with E-state index in [1.165, 1.54) is 25.1 Å². The molecule has 0 unspecified atom stereocenters. The molecule has 0 aliphatic rings. The van der Waals surface area contributed by atoms with Gasteiger partial charge in [0.15, 0.2) is 0 Å². The molecule has 0 heterocycles. The predicted molar refractivity (Wildman–Crippen MR) is 99.2 cm³/mol. The summed E-state index contributed by atoms with van der Waals surface area (Å²) in [4.78, 5) is 47.5. The lowest BCUT2D eigenvalue weighted by Gasteiger charge is -2.23. The van der Waals surface area contributed by atoms with Gasteiger partial charge in [-0.2, -0.15) is 0 Å². The van der Waals surface area contributed by atoms with Crippen LogP contribution in [0.4, 0.5) is 4.39 Å². The van der Waals surface area contributed by atoms with Crippen molar-refractivity contribution >= 4 is 23.7 Å². The van der Waals surface area contributed by atoms with Gasteiger partial charge in [0, 0.05) is 13.3 Å². The van der Waals surface area contributed by atoms with Crippen molar-refractivity contribution in [2.45, 2.75) is 45.7 Å². The van der Waals surface area contributed by atoms with Gasteiger partial charge in [-0.3, -0.25) is 19.2 Å². The van der Waals surface area contributed by atoms with E-state index in [1.54, 1.807) is 19.9 Å². The monoisotopic (exact) mass is 395 g/mol. The summed E-state index contributed by atoms with van der Waals surface area (Å²) in [6, 6.07) is 3.58. The predicted octanol–water partition coefficient (Wildman–Crippen LogP) is 0.432. The number of nitrogens with one attached hydrogen (secondary N) is 2. The van der Waals surface area contributed by atoms with Gasteiger partial charge in [-0.15, -0.1) is 0 Å². The summed E-state index contributed by atoms with van der Waals surface area (Å²) in [5.41, 5.74) is 5.56. The molecule has 0 saturated heterocycles. The second kappa shape index (κ2) is 11.0. The largest absolute Gasteiger partial charge is 0.466 e. The Morgan fingerprint density at radius 1 is 1.14 bits per heavy atom. The molecule has 1 aromatic rings. The highest BCUT2D eigenvalue weighted by Crippen LogP contribution is 2.12. The molecule has 3 atom stereocenters. The maximum Gasteiger partial charge on any atom is 0.308 e. The van der Waals surface area contributed by atoms with Crippen molar-refractivity contribution in [2.75, 3.05) is 6.61 Å². The molecule has 0 bridgehead atoms. The van der Waals surface area contributed by atoms with Crippen LogP contribution in [0.5, 0.6) is 0 Å². The Bertz CT molecular complexity index is 725. The molecular formula is C19H26FN3O5. The van der Waals surface area contributed by atoms with Crippen LogP contribution in [0.15, 0.2) is 24.3 Å². The van der Waals surface area contributed by atoms with Crippen molar-refractivity contribution in [3.63, 3.8) is 0 Å². The lowest BCUT2D eigenvalue weighted by Crippen LogP contribution is -2.54. The number of carbonyl (C=O) groups is 4. The number of halogens is 1. The minimum atomic E-state index is -1.15. The zero-order valence-corrected chi connectivity index (χ0v) is 16.2. The summed E-state index contributed by atoms with van der Waals surface area (Å²) in [6.45, 7) is 4.60. The van der Waals surface area contributed by atoms with Crippen LogP contribution in [-0.2, 0) is 30.3 Å². The summed E-state index contributed by atoms with van der Waals surface area (Å²) in [6.07, 6.45) is -0.177. The average Bonchev–Trinajstić information content (AvgIpc) is 2.61. The highest BCUT2D eigenvalue weighted by Gasteiger charge is 2.29. The van der Waals surface area contributed by atoms with Crippen molar-refractivity contribution in [1.82, 2.24) is 10.6 Å². The van der Waals surface area contributed by atoms with Gasteiger partial charge in [0.2, 0.25) is 17.7 Å². The first kappa shape index (κ1) is 23.1. The minimum absolute atomic E-state index is 0.0631. The number of hydrogen-bond donors (Lipinski definition) is 3. The van der Waals surface area contributed by atoms with Gasteiger partial charge in [-0.05, 0) is 25.0 Å². The Morgan fingerprint density at radius 3 is 2.32 bits per heavy atom. The van der Waals surface area contributed by atoms with Crippen molar-refractivity contribution in [3.05, 3.63) is 35.6 Å². The van der Waals surface area contributed by atoms with Crippen LogP contribution in [0.2, 0.25) is 0 Å². The van der Waals surface area contributed by atoms with E-state index in [2.05, 4.69) is 10.6 Å². The molecule has 0 aliphatic carbocycles. The summed E-state index contributed by atoms with van der Waals surface area (Å²) in [5.74, 6) is -3.76. The van der Waals surface area contributed by atoms with E-state index >= 15 is 0 Å². The van der Waals surface area contributed by atoms with Gasteiger partial charge >= 0.3 is 5.97 Å². The molecule has 1 aromatic carbocycles. The number of benzene rings is 1. The van der Waals surface area contributed by atoms with E-state index < -0.39 is 47.5 Å². The zero-order chi connectivity index (χ0) is 21.3. The van der Waals surface area contributed by atoms with Crippen LogP contribution in [0, 0.1) is 11.7 Å². The molecule has 0 fully saturated rings. The van der Waals surface area contributed by atoms with Crippen molar-refractivity contribution < 1.29 is 28.3 Å². The van der Waals surface area contributed by atoms with Crippen LogP contribution in [-0.4, -0.2) is 42.4 Å². The van der Waals surface area contributed by atoms with Crippen LogP contribution < -0.4 is 16.4 Å². The molecule has 0 spiro atoms. The highest BCUT2D eigenvalue weighted by molar-refractivity contribution is 5.91. The molecule has 3 amide bonds. The lowest BCUT2D eigenvalue weighted by atomic mass is 10.00. The molecule has 28 heavy (non-hydrogen) atoms. The number of esters is 1. The number of amides is 3. The third-order valence-electron chi connectivity index (χ3n) is 4.01. The number of ether oxygens (including phenoxy) is 1. The molecule has 154 valence electrons. The normalized spacial score (nSPS) is 13.7. The summed E-state index contributed by atoms with van der Waals surface area (Å²) in [7, 11) is 0. The van der Waals surface area contributed by atoms with Gasteiger partial charge in [-0.25, -0.2) is 4.39 Å². The topological polar surface area (TPSA) is 128 Å². The van der Waals surface area contributed by atoms with Gasteiger partial charge < -0.3 is 21.1 Å². The van der Waals surface area contributed by atoms with E-state index in [-0.39, 0.29) is 25.0 Å². The second-order valence-corrected chi connectivity index (χ2v) is 6.40. The Morgan fingerprint density at radius 2 is 1.79 bits per heavy atom. The first-order valence-corrected chi connectivity index (χ1v) is 8.92. The van der Waals surface area contributed by atoms with E-state index in [1.807, 2.05) is 0 Å². The zero-order valence-electron chi connectivity index (χ0n) is 16.2. The number of carbonyl (C=O) groups excluding carboxylic acids is 4. The third-order valence-corrected chi connectivity index (χ3v) is 4.01. The first-order valence-electron chi connectivity index (χ1n) is 8.92. The quantitative estimate of drug-likeness (QED) is 0.495. The highest BCUT2D eigenvalue weighted by atomic mass is 19.1. The summed E-state index contributed by atoms with van der Waals surface area (Å²) < 4.78 is 18.8. The van der Waals surface area contributed by atoms with Crippen LogP contribution in [0.1, 0.15) is 32.8 Å². The number of nitrogens with two attached hydrogens (primary N) is 1. The van der Waals surface area contributed by atoms with Crippen LogP contribution in [0.3, 0.4) is 0 Å². The Labute approximate surface area is 163 Å². The number of primary amides is 1. The summed E-state index contributed by atoms with van der Waals surface area (Å²) in [5, 5.41) is 4.87. The minimum Gasteiger partial charge on any atom is -0.466 e. The maximum atomic E-state index is 13.9. The fraction of sp³-hybridized carbons (Fsp3) is 0.474. The fourth-order valence-electron chi connectivity index (χ4n) is 2.59. The van der Waals surface area contributed by atoms with Crippen molar-refractivity contribution in [3.8, 4) is 0 Å². The second-order valence-electron chi connectivity index (χ2n) is 6.40. The SMILES string of the molecule is CCOC(=O)[C@@H](C)C[C@@H](NC(=O)[C@H](Cc1ccccc1F)NC(C)=O)C(N)=O. The molecule has 8 nitrogen and oxygen atoms in total. The first-order chi connectivity index (χ1) is 13.1. The molecule has 4 N–H and O–H groups in total. The standard InChI is InChI=1S/C19H26FN3O5/c1-4-28-19(27)11(2)9-15(17(21)25)23-18(26)16(22-12(3)24)10-13-7-5-6-8-14(13)20/h5-8,11,15-16H,4,9-10H2,1-3H3,(H2,21,25)(H,22,24)(H,23,26)/t11-,15+,16-/m0/s1. The maximum absolute atomic E-state index is 13.9. The van der Waals surface area contributed by atoms with E-state index in [4.69, 9.17) is 10.5 Å². The molecule has 9 heteroatoms. The van der Waals surface area contributed by atoms with Crippen LogP contribution in [0.25, 0.3) is 0 Å². The number of hydrogen-bond acceptors (Lipinski definition) is 5. The van der Waals surface area contributed by atoms with E-state index in [0.717, 1.165) is 0 Å². The number of rotatable bonds is 10. The Hall–Kier alpha value is -2.97. The van der Waals surface area contributed by atoms with Crippen LogP contribution >= 0.6 is 0 Å². The molecule has 1 rings (SSSR count). The molecule has 0 aliphatic heterocycles. The third kappa shape index (κ3) is 7.34. The van der Waals surface area contributed by atoms with Gasteiger partial charge in [0.05, 0.1) is 12.5 Å². The van der Waals surface area contributed by atoms with Gasteiger partial charge in [0.25, 0.3) is 0 Å². The molecular weight excluding hydrogens is 369 g/mol. The Balaban J connectivity index is 2.90. The van der Waals surface area contributed by atoms with Gasteiger partial charge in [-0.1, -0.05) is 25.1 Å². The average molecular weight is 395 g/mol. The lowest BCUT2D eigenvalue weighted by molar-refractivity contribution is -0.148.